The van der Waals surface area contributed by atoms with Crippen molar-refractivity contribution in [3.63, 3.8) is 0 Å². The lowest BCUT2D eigenvalue weighted by atomic mass is 10.00. The van der Waals surface area contributed by atoms with Gasteiger partial charge in [0.25, 0.3) is 0 Å². The molecule has 2 aliphatic rings. The van der Waals surface area contributed by atoms with Crippen LogP contribution >= 0.6 is 0 Å². The highest BCUT2D eigenvalue weighted by Crippen LogP contribution is 2.37. The van der Waals surface area contributed by atoms with Gasteiger partial charge in [-0.15, -0.1) is 0 Å². The molecule has 3 aromatic rings. The summed E-state index contributed by atoms with van der Waals surface area (Å²) in [6.45, 7) is 4.25. The average molecular weight is 454 g/mol. The number of rotatable bonds is 7. The minimum atomic E-state index is -3.19. The van der Waals surface area contributed by atoms with Crippen LogP contribution in [-0.4, -0.2) is 35.3 Å². The molecular weight excluding hydrogens is 422 g/mol. The molecule has 2 fully saturated rings. The van der Waals surface area contributed by atoms with E-state index in [-0.39, 0.29) is 17.3 Å². The van der Waals surface area contributed by atoms with Crippen LogP contribution in [-0.2, 0) is 10.0 Å². The normalized spacial score (nSPS) is 23.6. The van der Waals surface area contributed by atoms with E-state index in [1.54, 1.807) is 6.20 Å². The van der Waals surface area contributed by atoms with Gasteiger partial charge >= 0.3 is 0 Å². The Morgan fingerprint density at radius 2 is 1.97 bits per heavy atom. The molecule has 2 saturated carbocycles. The molecule has 4 N–H and O–H groups in total. The smallest absolute Gasteiger partial charge is 0.214 e. The predicted molar refractivity (Wildman–Crippen MR) is 130 cm³/mol. The third-order valence-electron chi connectivity index (χ3n) is 6.96. The quantitative estimate of drug-likeness (QED) is 0.502. The highest BCUT2D eigenvalue weighted by molar-refractivity contribution is 7.90. The molecule has 0 aliphatic heterocycles. The van der Waals surface area contributed by atoms with Crippen LogP contribution in [0.4, 0.5) is 11.4 Å². The van der Waals surface area contributed by atoms with Gasteiger partial charge in [0.2, 0.25) is 10.0 Å². The molecule has 0 radical (unpaired) electrons. The molecule has 0 saturated heterocycles. The molecule has 0 amide bonds. The van der Waals surface area contributed by atoms with E-state index in [2.05, 4.69) is 51.6 Å². The Labute approximate surface area is 189 Å². The average Bonchev–Trinajstić information content (AvgIpc) is 3.45. The zero-order valence-corrected chi connectivity index (χ0v) is 19.4. The summed E-state index contributed by atoms with van der Waals surface area (Å²) in [5.41, 5.74) is 11.0. The minimum Gasteiger partial charge on any atom is -0.396 e. The van der Waals surface area contributed by atoms with Gasteiger partial charge in [0.05, 0.1) is 22.8 Å². The topological polar surface area (TPSA) is 102 Å². The first-order valence-corrected chi connectivity index (χ1v) is 13.0. The van der Waals surface area contributed by atoms with Gasteiger partial charge in [-0.2, -0.15) is 0 Å². The van der Waals surface area contributed by atoms with Gasteiger partial charge in [-0.25, -0.2) is 18.1 Å². The van der Waals surface area contributed by atoms with Gasteiger partial charge in [0.15, 0.2) is 0 Å². The summed E-state index contributed by atoms with van der Waals surface area (Å²) in [4.78, 5) is 4.63. The van der Waals surface area contributed by atoms with Gasteiger partial charge in [-0.3, -0.25) is 0 Å². The summed E-state index contributed by atoms with van der Waals surface area (Å²) in [6, 6.07) is 10.4. The predicted octanol–water partition coefficient (Wildman–Crippen LogP) is 3.97. The Hall–Kier alpha value is -2.58. The molecule has 0 spiro atoms. The third-order valence-corrected chi connectivity index (χ3v) is 8.97. The molecule has 3 atom stereocenters. The lowest BCUT2D eigenvalue weighted by Gasteiger charge is -2.22. The van der Waals surface area contributed by atoms with Crippen molar-refractivity contribution < 1.29 is 8.42 Å². The number of hydrogen-bond donors (Lipinski definition) is 3. The van der Waals surface area contributed by atoms with Crippen LogP contribution in [0.1, 0.15) is 44.6 Å². The number of pyridine rings is 1. The molecule has 3 unspecified atom stereocenters. The number of anilines is 2. The fourth-order valence-corrected chi connectivity index (χ4v) is 6.64. The van der Waals surface area contributed by atoms with Gasteiger partial charge in [0, 0.05) is 29.4 Å². The van der Waals surface area contributed by atoms with Gasteiger partial charge < -0.3 is 15.6 Å². The third kappa shape index (κ3) is 3.86. The van der Waals surface area contributed by atoms with Crippen molar-refractivity contribution in [3.05, 3.63) is 48.3 Å². The molecule has 2 aromatic heterocycles. The molecule has 7 nitrogen and oxygen atoms in total. The molecule has 5 rings (SSSR count). The van der Waals surface area contributed by atoms with E-state index < -0.39 is 10.0 Å². The van der Waals surface area contributed by atoms with E-state index in [4.69, 9.17) is 5.73 Å². The first-order valence-electron chi connectivity index (χ1n) is 11.5. The summed E-state index contributed by atoms with van der Waals surface area (Å²) in [5, 5.41) is 4.47. The fourth-order valence-electron chi connectivity index (χ4n) is 5.03. The van der Waals surface area contributed by atoms with Gasteiger partial charge in [-0.1, -0.05) is 31.5 Å². The summed E-state index contributed by atoms with van der Waals surface area (Å²) < 4.78 is 29.9. The molecule has 1 aromatic carbocycles. The Morgan fingerprint density at radius 1 is 1.19 bits per heavy atom. The summed E-state index contributed by atoms with van der Waals surface area (Å²) >= 11 is 0. The van der Waals surface area contributed by atoms with Crippen LogP contribution in [0.5, 0.6) is 0 Å². The molecule has 170 valence electrons. The van der Waals surface area contributed by atoms with Crippen molar-refractivity contribution in [2.24, 2.45) is 5.92 Å². The number of fused-ring (bicyclic) bond motifs is 1. The van der Waals surface area contributed by atoms with Crippen LogP contribution in [0.15, 0.2) is 42.7 Å². The lowest BCUT2D eigenvalue weighted by Crippen LogP contribution is -2.36. The standard InChI is InChI=1S/C24H31N5O2S/c1-3-16-12-17(28-32(30,31)18-8-9-18)13-21(16)27-23-19-10-11-29(24(19)26-14-20(23)25)22-7-5-4-6-15(22)2/h4-7,10-11,14,16-18,21,28H,3,8-9,12-13,25H2,1-2H3,(H,26,27). The number of benzene rings is 1. The highest BCUT2D eigenvalue weighted by Gasteiger charge is 2.41. The molecule has 0 bridgehead atoms. The second-order valence-corrected chi connectivity index (χ2v) is 11.2. The number of para-hydroxylation sites is 1. The van der Waals surface area contributed by atoms with Crippen molar-refractivity contribution in [2.75, 3.05) is 11.1 Å². The number of aryl methyl sites for hydroxylation is 1. The van der Waals surface area contributed by atoms with Crippen LogP contribution in [0.25, 0.3) is 16.7 Å². The van der Waals surface area contributed by atoms with Crippen LogP contribution in [0.2, 0.25) is 0 Å². The second-order valence-electron chi connectivity index (χ2n) is 9.25. The number of nitrogen functional groups attached to an aromatic ring is 1. The largest absolute Gasteiger partial charge is 0.396 e. The monoisotopic (exact) mass is 453 g/mol. The SMILES string of the molecule is CCC1CC(NS(=O)(=O)C2CC2)CC1Nc1c(N)cnc2c1ccn2-c1ccccc1C. The Morgan fingerprint density at radius 3 is 2.69 bits per heavy atom. The Balaban J connectivity index is 1.43. The second kappa shape index (κ2) is 8.08. The lowest BCUT2D eigenvalue weighted by molar-refractivity contribution is 0.480. The molecule has 2 heterocycles. The number of sulfonamides is 1. The van der Waals surface area contributed by atoms with Gasteiger partial charge in [-0.05, 0) is 56.2 Å². The minimum absolute atomic E-state index is 0.0295. The number of hydrogen-bond acceptors (Lipinski definition) is 5. The van der Waals surface area contributed by atoms with Crippen molar-refractivity contribution in [1.82, 2.24) is 14.3 Å². The molecular formula is C24H31N5O2S. The van der Waals surface area contributed by atoms with Crippen LogP contribution in [0.3, 0.4) is 0 Å². The zero-order chi connectivity index (χ0) is 22.5. The van der Waals surface area contributed by atoms with E-state index in [0.29, 0.717) is 11.6 Å². The zero-order valence-electron chi connectivity index (χ0n) is 18.6. The van der Waals surface area contributed by atoms with E-state index in [1.807, 2.05) is 18.3 Å². The maximum atomic E-state index is 12.4. The Kier molecular flexibility index (Phi) is 5.37. The first-order chi connectivity index (χ1) is 15.4. The van der Waals surface area contributed by atoms with Crippen molar-refractivity contribution >= 4 is 32.4 Å². The molecule has 2 aliphatic carbocycles. The maximum absolute atomic E-state index is 12.4. The highest BCUT2D eigenvalue weighted by atomic mass is 32.2. The van der Waals surface area contributed by atoms with Crippen molar-refractivity contribution in [3.8, 4) is 5.69 Å². The summed E-state index contributed by atoms with van der Waals surface area (Å²) in [7, 11) is -3.19. The maximum Gasteiger partial charge on any atom is 0.214 e. The number of nitrogens with zero attached hydrogens (tertiary/aromatic N) is 2. The van der Waals surface area contributed by atoms with Crippen LogP contribution in [0, 0.1) is 12.8 Å². The Bertz CT molecular complexity index is 1250. The number of nitrogens with one attached hydrogen (secondary N) is 2. The molecule has 8 heteroatoms. The summed E-state index contributed by atoms with van der Waals surface area (Å²) in [6.07, 6.45) is 7.89. The van der Waals surface area contributed by atoms with Crippen molar-refractivity contribution in [1.29, 1.82) is 0 Å². The first kappa shape index (κ1) is 21.3. The number of aromatic nitrogens is 2. The fraction of sp³-hybridized carbons (Fsp3) is 0.458. The van der Waals surface area contributed by atoms with E-state index in [1.165, 1.54) is 5.56 Å². The van der Waals surface area contributed by atoms with Crippen molar-refractivity contribution in [2.45, 2.75) is 63.3 Å². The van der Waals surface area contributed by atoms with Gasteiger partial charge in [0.1, 0.15) is 5.65 Å². The van der Waals surface area contributed by atoms with Crippen LogP contribution < -0.4 is 15.8 Å². The number of nitrogens with two attached hydrogens (primary N) is 1. The van der Waals surface area contributed by atoms with E-state index in [9.17, 15) is 8.42 Å². The molecule has 32 heavy (non-hydrogen) atoms. The van der Waals surface area contributed by atoms with E-state index >= 15 is 0 Å². The summed E-state index contributed by atoms with van der Waals surface area (Å²) in [5.74, 6) is 0.378. The van der Waals surface area contributed by atoms with E-state index in [0.717, 1.165) is 54.5 Å².